The summed E-state index contributed by atoms with van der Waals surface area (Å²) in [5, 5.41) is 12.6. The molecular weight excluding hydrogens is 316 g/mol. The molecule has 0 unspecified atom stereocenters. The number of hydrogen-bond donors (Lipinski definition) is 0. The van der Waals surface area contributed by atoms with Crippen molar-refractivity contribution in [3.8, 4) is 11.8 Å². The fourth-order valence-corrected chi connectivity index (χ4v) is 2.45. The lowest BCUT2D eigenvalue weighted by Gasteiger charge is -2.03. The van der Waals surface area contributed by atoms with E-state index in [1.807, 2.05) is 13.0 Å². The van der Waals surface area contributed by atoms with Crippen molar-refractivity contribution in [2.45, 2.75) is 11.8 Å². The average molecular weight is 330 g/mol. The molecule has 0 bridgehead atoms. The number of benzene rings is 2. The van der Waals surface area contributed by atoms with Gasteiger partial charge in [-0.2, -0.15) is 13.7 Å². The normalized spacial score (nSPS) is 11.6. The van der Waals surface area contributed by atoms with Gasteiger partial charge in [0.25, 0.3) is 0 Å². The second kappa shape index (κ2) is 6.94. The van der Waals surface area contributed by atoms with Gasteiger partial charge in [0, 0.05) is 5.56 Å². The Morgan fingerprint density at radius 3 is 2.22 bits per heavy atom. The smallest absolute Gasteiger partial charge is 0.358 e. The van der Waals surface area contributed by atoms with Crippen molar-refractivity contribution in [2.75, 3.05) is 7.11 Å². The van der Waals surface area contributed by atoms with Gasteiger partial charge >= 0.3 is 10.1 Å². The standard InChI is InChI=1S/C16H14N2O4S/c1-12-3-9-15(10-4-12)23(19,20)22-18-16(11-17)13-5-7-14(21-2)8-6-13/h3-10H,1-2H3/b18-16-. The number of rotatable bonds is 5. The van der Waals surface area contributed by atoms with Crippen molar-refractivity contribution in [3.63, 3.8) is 0 Å². The summed E-state index contributed by atoms with van der Waals surface area (Å²) in [4.78, 5) is -0.0288. The lowest BCUT2D eigenvalue weighted by atomic mass is 10.1. The van der Waals surface area contributed by atoms with E-state index in [1.165, 1.54) is 19.2 Å². The van der Waals surface area contributed by atoms with Crippen molar-refractivity contribution >= 4 is 15.8 Å². The Morgan fingerprint density at radius 1 is 1.09 bits per heavy atom. The topological polar surface area (TPSA) is 88.8 Å². The molecule has 7 heteroatoms. The van der Waals surface area contributed by atoms with Crippen molar-refractivity contribution < 1.29 is 17.4 Å². The van der Waals surface area contributed by atoms with Crippen LogP contribution in [-0.4, -0.2) is 21.2 Å². The Labute approximate surface area is 134 Å². The molecule has 0 aliphatic rings. The summed E-state index contributed by atoms with van der Waals surface area (Å²) in [6.07, 6.45) is 0. The fourth-order valence-electron chi connectivity index (χ4n) is 1.72. The zero-order valence-corrected chi connectivity index (χ0v) is 13.4. The summed E-state index contributed by atoms with van der Waals surface area (Å²) in [6, 6.07) is 14.4. The number of methoxy groups -OCH3 is 1. The molecule has 0 N–H and O–H groups in total. The van der Waals surface area contributed by atoms with Crippen LogP contribution < -0.4 is 4.74 Å². The number of hydrogen-bond acceptors (Lipinski definition) is 6. The van der Waals surface area contributed by atoms with Crippen LogP contribution in [0.1, 0.15) is 11.1 Å². The fraction of sp³-hybridized carbons (Fsp3) is 0.125. The molecule has 0 saturated carbocycles. The van der Waals surface area contributed by atoms with Gasteiger partial charge in [0.2, 0.25) is 0 Å². The lowest BCUT2D eigenvalue weighted by molar-refractivity contribution is 0.339. The summed E-state index contributed by atoms with van der Waals surface area (Å²) >= 11 is 0. The van der Waals surface area contributed by atoms with Crippen LogP contribution in [0.3, 0.4) is 0 Å². The van der Waals surface area contributed by atoms with E-state index in [4.69, 9.17) is 10.00 Å². The van der Waals surface area contributed by atoms with E-state index in [-0.39, 0.29) is 10.6 Å². The van der Waals surface area contributed by atoms with Gasteiger partial charge in [-0.05, 0) is 43.3 Å². The van der Waals surface area contributed by atoms with Crippen molar-refractivity contribution in [3.05, 3.63) is 59.7 Å². The zero-order chi connectivity index (χ0) is 16.9. The monoisotopic (exact) mass is 330 g/mol. The van der Waals surface area contributed by atoms with Crippen LogP contribution in [0.4, 0.5) is 0 Å². The number of aryl methyl sites for hydroxylation is 1. The Kier molecular flexibility index (Phi) is 4.98. The molecule has 0 fully saturated rings. The highest BCUT2D eigenvalue weighted by Gasteiger charge is 2.16. The highest BCUT2D eigenvalue weighted by molar-refractivity contribution is 7.86. The van der Waals surface area contributed by atoms with E-state index in [1.54, 1.807) is 36.4 Å². The van der Waals surface area contributed by atoms with Crippen molar-refractivity contribution in [1.29, 1.82) is 5.26 Å². The van der Waals surface area contributed by atoms with Crippen LogP contribution in [-0.2, 0) is 14.4 Å². The Morgan fingerprint density at radius 2 is 1.70 bits per heavy atom. The first kappa shape index (κ1) is 16.5. The van der Waals surface area contributed by atoms with Gasteiger partial charge in [0.05, 0.1) is 7.11 Å². The second-order valence-electron chi connectivity index (χ2n) is 4.62. The van der Waals surface area contributed by atoms with Crippen LogP contribution >= 0.6 is 0 Å². The molecule has 2 aromatic carbocycles. The molecule has 23 heavy (non-hydrogen) atoms. The maximum atomic E-state index is 12.0. The van der Waals surface area contributed by atoms with Gasteiger partial charge in [-0.1, -0.05) is 22.9 Å². The number of nitriles is 1. The van der Waals surface area contributed by atoms with Gasteiger partial charge in [-0.25, -0.2) is 0 Å². The van der Waals surface area contributed by atoms with Gasteiger partial charge in [0.1, 0.15) is 16.7 Å². The summed E-state index contributed by atoms with van der Waals surface area (Å²) in [7, 11) is -2.55. The Hall–Kier alpha value is -2.85. The van der Waals surface area contributed by atoms with Gasteiger partial charge < -0.3 is 4.74 Å². The van der Waals surface area contributed by atoms with Gasteiger partial charge in [-0.3, -0.25) is 4.28 Å². The largest absolute Gasteiger partial charge is 0.497 e. The lowest BCUT2D eigenvalue weighted by Crippen LogP contribution is -2.06. The third kappa shape index (κ3) is 4.08. The molecular formula is C16H14N2O4S. The summed E-state index contributed by atoms with van der Waals surface area (Å²) in [5.41, 5.74) is 1.19. The molecule has 6 nitrogen and oxygen atoms in total. The SMILES string of the molecule is COc1ccc(/C(C#N)=N\OS(=O)(=O)c2ccc(C)cc2)cc1. The van der Waals surface area contributed by atoms with Gasteiger partial charge in [-0.15, -0.1) is 0 Å². The molecule has 0 radical (unpaired) electrons. The molecule has 118 valence electrons. The van der Waals surface area contributed by atoms with E-state index in [0.717, 1.165) is 5.56 Å². The number of oxime groups is 1. The molecule has 0 aliphatic carbocycles. The van der Waals surface area contributed by atoms with E-state index < -0.39 is 10.1 Å². The first-order chi connectivity index (χ1) is 11.0. The maximum absolute atomic E-state index is 12.0. The quantitative estimate of drug-likeness (QED) is 0.621. The van der Waals surface area contributed by atoms with Crippen LogP contribution in [0.15, 0.2) is 58.6 Å². The van der Waals surface area contributed by atoms with E-state index >= 15 is 0 Å². The zero-order valence-electron chi connectivity index (χ0n) is 12.6. The highest BCUT2D eigenvalue weighted by atomic mass is 32.2. The second-order valence-corrected chi connectivity index (χ2v) is 6.15. The minimum atomic E-state index is -4.07. The molecule has 0 heterocycles. The van der Waals surface area contributed by atoms with E-state index in [2.05, 4.69) is 9.44 Å². The minimum absolute atomic E-state index is 0.0288. The van der Waals surface area contributed by atoms with Gasteiger partial charge in [0.15, 0.2) is 5.71 Å². The first-order valence-electron chi connectivity index (χ1n) is 6.59. The third-order valence-electron chi connectivity index (χ3n) is 3.01. The van der Waals surface area contributed by atoms with Crippen molar-refractivity contribution in [2.24, 2.45) is 5.16 Å². The third-order valence-corrected chi connectivity index (χ3v) is 4.13. The summed E-state index contributed by atoms with van der Waals surface area (Å²) in [6.45, 7) is 1.84. The van der Waals surface area contributed by atoms with E-state index in [9.17, 15) is 8.42 Å². The first-order valence-corrected chi connectivity index (χ1v) is 8.00. The summed E-state index contributed by atoms with van der Waals surface area (Å²) < 4.78 is 33.7. The van der Waals surface area contributed by atoms with Crippen LogP contribution in [0.25, 0.3) is 0 Å². The van der Waals surface area contributed by atoms with Crippen LogP contribution in [0, 0.1) is 18.3 Å². The molecule has 0 aromatic heterocycles. The van der Waals surface area contributed by atoms with Crippen molar-refractivity contribution in [1.82, 2.24) is 0 Å². The minimum Gasteiger partial charge on any atom is -0.497 e. The summed E-state index contributed by atoms with van der Waals surface area (Å²) in [5.74, 6) is 0.610. The Bertz CT molecular complexity index is 848. The van der Waals surface area contributed by atoms with Crippen LogP contribution in [0.5, 0.6) is 5.75 Å². The molecule has 0 aliphatic heterocycles. The molecule has 0 atom stereocenters. The molecule has 2 aromatic rings. The number of ether oxygens (including phenoxy) is 1. The van der Waals surface area contributed by atoms with E-state index in [0.29, 0.717) is 11.3 Å². The van der Waals surface area contributed by atoms with Crippen LogP contribution in [0.2, 0.25) is 0 Å². The molecule has 2 rings (SSSR count). The predicted octanol–water partition coefficient (Wildman–Crippen LogP) is 2.64. The molecule has 0 saturated heterocycles. The predicted molar refractivity (Wildman–Crippen MR) is 84.6 cm³/mol. The average Bonchev–Trinajstić information content (AvgIpc) is 2.56. The maximum Gasteiger partial charge on any atom is 0.358 e. The molecule has 0 spiro atoms. The Balaban J connectivity index is 2.24. The highest BCUT2D eigenvalue weighted by Crippen LogP contribution is 2.15. The number of nitrogens with zero attached hydrogens (tertiary/aromatic N) is 2. The molecule has 0 amide bonds.